The van der Waals surface area contributed by atoms with Crippen LogP contribution in [0.5, 0.6) is 0 Å². The van der Waals surface area contributed by atoms with Gasteiger partial charge >= 0.3 is 0 Å². The number of hydrogen-bond acceptors (Lipinski definition) is 2. The highest BCUT2D eigenvalue weighted by Crippen LogP contribution is 2.07. The van der Waals surface area contributed by atoms with Gasteiger partial charge in [0.15, 0.2) is 0 Å². The summed E-state index contributed by atoms with van der Waals surface area (Å²) in [6, 6.07) is 0. The number of aliphatic hydroxyl groups is 1. The first kappa shape index (κ1) is 6.77. The summed E-state index contributed by atoms with van der Waals surface area (Å²) in [7, 11) is 1.84. The smallest absolute Gasteiger partial charge is 0.135 e. The number of rotatable bonds is 1. The zero-order valence-corrected chi connectivity index (χ0v) is 6.59. The van der Waals surface area contributed by atoms with Crippen LogP contribution in [0, 0.1) is 0 Å². The molecule has 0 fully saturated rings. The lowest BCUT2D eigenvalue weighted by molar-refractivity contribution is 0.267. The molecule has 0 bridgehead atoms. The van der Waals surface area contributed by atoms with Gasteiger partial charge in [-0.1, -0.05) is 0 Å². The van der Waals surface area contributed by atoms with E-state index in [1.807, 2.05) is 7.05 Å². The van der Waals surface area contributed by atoms with Gasteiger partial charge in [0.25, 0.3) is 0 Å². The van der Waals surface area contributed by atoms with Crippen LogP contribution in [-0.2, 0) is 13.7 Å². The largest absolute Gasteiger partial charge is 0.388 e. The van der Waals surface area contributed by atoms with Crippen molar-refractivity contribution in [3.05, 3.63) is 16.6 Å². The molecule has 0 saturated carbocycles. The molecule has 1 N–H and O–H groups in total. The SMILES string of the molecule is Cn1cc(Br)nc1CO. The maximum Gasteiger partial charge on any atom is 0.135 e. The molecule has 0 spiro atoms. The summed E-state index contributed by atoms with van der Waals surface area (Å²) in [5, 5.41) is 8.63. The van der Waals surface area contributed by atoms with Gasteiger partial charge in [0.05, 0.1) is 0 Å². The minimum absolute atomic E-state index is 0.0118. The van der Waals surface area contributed by atoms with Crippen molar-refractivity contribution in [1.82, 2.24) is 9.55 Å². The number of hydrogen-bond donors (Lipinski definition) is 1. The summed E-state index contributed by atoms with van der Waals surface area (Å²) >= 11 is 3.18. The molecule has 1 heterocycles. The Balaban J connectivity index is 3.01. The highest BCUT2D eigenvalue weighted by molar-refractivity contribution is 9.10. The first-order valence-electron chi connectivity index (χ1n) is 2.52. The standard InChI is InChI=1S/C5H7BrN2O/c1-8-2-4(6)7-5(8)3-9/h2,9H,3H2,1H3. The topological polar surface area (TPSA) is 38.0 Å². The van der Waals surface area contributed by atoms with E-state index in [2.05, 4.69) is 20.9 Å². The van der Waals surface area contributed by atoms with Crippen molar-refractivity contribution in [3.63, 3.8) is 0 Å². The van der Waals surface area contributed by atoms with Crippen LogP contribution in [0.2, 0.25) is 0 Å². The lowest BCUT2D eigenvalue weighted by Crippen LogP contribution is -1.94. The number of aliphatic hydroxyl groups excluding tert-OH is 1. The molecule has 9 heavy (non-hydrogen) atoms. The molecule has 3 nitrogen and oxygen atoms in total. The van der Waals surface area contributed by atoms with E-state index in [4.69, 9.17) is 5.11 Å². The van der Waals surface area contributed by atoms with Gasteiger partial charge in [-0.25, -0.2) is 4.98 Å². The molecule has 1 aromatic heterocycles. The maximum atomic E-state index is 8.63. The second kappa shape index (κ2) is 2.49. The van der Waals surface area contributed by atoms with Gasteiger partial charge in [0.2, 0.25) is 0 Å². The highest BCUT2D eigenvalue weighted by atomic mass is 79.9. The van der Waals surface area contributed by atoms with Crippen LogP contribution >= 0.6 is 15.9 Å². The average Bonchev–Trinajstić information content (AvgIpc) is 2.10. The van der Waals surface area contributed by atoms with Crippen LogP contribution in [0.4, 0.5) is 0 Å². The number of imidazole rings is 1. The molecule has 0 aliphatic heterocycles. The van der Waals surface area contributed by atoms with Crippen molar-refractivity contribution in [2.24, 2.45) is 7.05 Å². The molecule has 0 aromatic carbocycles. The maximum absolute atomic E-state index is 8.63. The highest BCUT2D eigenvalue weighted by Gasteiger charge is 1.98. The molecule has 0 saturated heterocycles. The Labute approximate surface area is 61.5 Å². The third kappa shape index (κ3) is 1.31. The molecule has 0 radical (unpaired) electrons. The van der Waals surface area contributed by atoms with Crippen LogP contribution in [0.25, 0.3) is 0 Å². The molecule has 0 amide bonds. The summed E-state index contributed by atoms with van der Waals surface area (Å²) in [5.74, 6) is 0.668. The van der Waals surface area contributed by atoms with Crippen LogP contribution < -0.4 is 0 Å². The molecular weight excluding hydrogens is 184 g/mol. The van der Waals surface area contributed by atoms with E-state index in [0.29, 0.717) is 5.82 Å². The first-order valence-corrected chi connectivity index (χ1v) is 3.32. The Morgan fingerprint density at radius 3 is 2.78 bits per heavy atom. The Morgan fingerprint density at radius 1 is 1.89 bits per heavy atom. The van der Waals surface area contributed by atoms with Crippen molar-refractivity contribution < 1.29 is 5.11 Å². The molecule has 4 heteroatoms. The van der Waals surface area contributed by atoms with Crippen LogP contribution in [-0.4, -0.2) is 14.7 Å². The van der Waals surface area contributed by atoms with Crippen molar-refractivity contribution in [3.8, 4) is 0 Å². The Bertz CT molecular complexity index is 209. The van der Waals surface area contributed by atoms with Crippen molar-refractivity contribution in [2.75, 3.05) is 0 Å². The number of nitrogens with zero attached hydrogens (tertiary/aromatic N) is 2. The summed E-state index contributed by atoms with van der Waals surface area (Å²) in [6.45, 7) is -0.0118. The zero-order valence-electron chi connectivity index (χ0n) is 5.00. The van der Waals surface area contributed by atoms with Crippen LogP contribution in [0.1, 0.15) is 5.82 Å². The fraction of sp³-hybridized carbons (Fsp3) is 0.400. The number of halogens is 1. The van der Waals surface area contributed by atoms with E-state index in [0.717, 1.165) is 4.60 Å². The Morgan fingerprint density at radius 2 is 2.56 bits per heavy atom. The van der Waals surface area contributed by atoms with E-state index < -0.39 is 0 Å². The predicted molar refractivity (Wildman–Crippen MR) is 36.8 cm³/mol. The summed E-state index contributed by atoms with van der Waals surface area (Å²) in [4.78, 5) is 3.96. The van der Waals surface area contributed by atoms with Gasteiger partial charge in [0.1, 0.15) is 17.0 Å². The second-order valence-corrected chi connectivity index (χ2v) is 2.56. The summed E-state index contributed by atoms with van der Waals surface area (Å²) in [5.41, 5.74) is 0. The summed E-state index contributed by atoms with van der Waals surface area (Å²) in [6.07, 6.45) is 1.80. The Hall–Kier alpha value is -0.350. The Kier molecular flexibility index (Phi) is 1.87. The van der Waals surface area contributed by atoms with Gasteiger partial charge in [-0.2, -0.15) is 0 Å². The third-order valence-corrected chi connectivity index (χ3v) is 1.47. The second-order valence-electron chi connectivity index (χ2n) is 1.75. The van der Waals surface area contributed by atoms with E-state index in [1.165, 1.54) is 0 Å². The third-order valence-electron chi connectivity index (χ3n) is 1.08. The zero-order chi connectivity index (χ0) is 6.85. The average molecular weight is 191 g/mol. The van der Waals surface area contributed by atoms with Crippen molar-refractivity contribution in [2.45, 2.75) is 6.61 Å². The molecular formula is C5H7BrN2O. The molecule has 0 atom stereocenters. The fourth-order valence-corrected chi connectivity index (χ4v) is 1.12. The lowest BCUT2D eigenvalue weighted by Gasteiger charge is -1.92. The van der Waals surface area contributed by atoms with E-state index in [-0.39, 0.29) is 6.61 Å². The van der Waals surface area contributed by atoms with E-state index in [1.54, 1.807) is 10.8 Å². The summed E-state index contributed by atoms with van der Waals surface area (Å²) < 4.78 is 2.53. The van der Waals surface area contributed by atoms with Crippen molar-refractivity contribution >= 4 is 15.9 Å². The van der Waals surface area contributed by atoms with Crippen molar-refractivity contribution in [1.29, 1.82) is 0 Å². The molecule has 50 valence electrons. The number of aryl methyl sites for hydroxylation is 1. The molecule has 1 aromatic rings. The monoisotopic (exact) mass is 190 g/mol. The van der Waals surface area contributed by atoms with Gasteiger partial charge < -0.3 is 9.67 Å². The lowest BCUT2D eigenvalue weighted by atomic mass is 10.6. The van der Waals surface area contributed by atoms with E-state index >= 15 is 0 Å². The molecule has 0 aliphatic rings. The van der Waals surface area contributed by atoms with Gasteiger partial charge in [-0.05, 0) is 15.9 Å². The van der Waals surface area contributed by atoms with Gasteiger partial charge in [-0.15, -0.1) is 0 Å². The molecule has 0 unspecified atom stereocenters. The normalized spacial score (nSPS) is 10.1. The van der Waals surface area contributed by atoms with Crippen LogP contribution in [0.3, 0.4) is 0 Å². The quantitative estimate of drug-likeness (QED) is 0.708. The minimum atomic E-state index is -0.0118. The predicted octanol–water partition coefficient (Wildman–Crippen LogP) is 0.675. The fourth-order valence-electron chi connectivity index (χ4n) is 0.612. The first-order chi connectivity index (χ1) is 4.24. The van der Waals surface area contributed by atoms with Crippen LogP contribution in [0.15, 0.2) is 10.8 Å². The minimum Gasteiger partial charge on any atom is -0.388 e. The van der Waals surface area contributed by atoms with Gasteiger partial charge in [-0.3, -0.25) is 0 Å². The van der Waals surface area contributed by atoms with E-state index in [9.17, 15) is 0 Å². The molecule has 1 rings (SSSR count). The molecule has 0 aliphatic carbocycles. The van der Waals surface area contributed by atoms with Gasteiger partial charge in [0, 0.05) is 13.2 Å². The number of aromatic nitrogens is 2.